The molecule has 1 aliphatic heterocycles. The van der Waals surface area contributed by atoms with Crippen molar-refractivity contribution >= 4 is 35.1 Å². The van der Waals surface area contributed by atoms with E-state index in [2.05, 4.69) is 36.3 Å². The fourth-order valence-corrected chi connectivity index (χ4v) is 7.89. The molecule has 1 aliphatic carbocycles. The van der Waals surface area contributed by atoms with Crippen molar-refractivity contribution in [3.63, 3.8) is 0 Å². The largest absolute Gasteiger partial charge is 0.491 e. The third-order valence-corrected chi connectivity index (χ3v) is 12.0. The minimum atomic E-state index is -2.95. The zero-order valence-corrected chi connectivity index (χ0v) is 41.5. The molecule has 1 unspecified atom stereocenters. The second-order valence-electron chi connectivity index (χ2n) is 18.8. The van der Waals surface area contributed by atoms with Gasteiger partial charge < -0.3 is 60.0 Å². The second-order valence-corrected chi connectivity index (χ2v) is 18.8. The van der Waals surface area contributed by atoms with E-state index >= 15 is 0 Å². The van der Waals surface area contributed by atoms with Crippen LogP contribution in [0.2, 0.25) is 0 Å². The molecular formula is C51H64F2N10O10. The summed E-state index contributed by atoms with van der Waals surface area (Å²) in [6, 6.07) is 14.4. The minimum Gasteiger partial charge on any atom is -0.491 e. The number of halogens is 2. The van der Waals surface area contributed by atoms with Gasteiger partial charge in [-0.05, 0) is 77.3 Å². The van der Waals surface area contributed by atoms with E-state index in [1.807, 2.05) is 45.0 Å². The Kier molecular flexibility index (Phi) is 19.0. The van der Waals surface area contributed by atoms with E-state index in [9.17, 15) is 28.0 Å². The molecule has 6 N–H and O–H groups in total. The Morgan fingerprint density at radius 3 is 2.33 bits per heavy atom. The number of nitrogens with two attached hydrogens (primary N) is 1. The highest BCUT2D eigenvalue weighted by molar-refractivity contribution is 6.03. The number of carbonyl (C=O) groups is 4. The van der Waals surface area contributed by atoms with Crippen molar-refractivity contribution in [1.82, 2.24) is 35.3 Å². The molecule has 1 fully saturated rings. The highest BCUT2D eigenvalue weighted by atomic mass is 19.3. The summed E-state index contributed by atoms with van der Waals surface area (Å²) >= 11 is 0. The zero-order valence-electron chi connectivity index (χ0n) is 41.5. The van der Waals surface area contributed by atoms with Crippen molar-refractivity contribution in [2.45, 2.75) is 71.6 Å². The maximum Gasteiger partial charge on any atom is 0.284 e. The van der Waals surface area contributed by atoms with Crippen molar-refractivity contribution < 1.29 is 56.1 Å². The lowest BCUT2D eigenvalue weighted by atomic mass is 9.84. The molecule has 1 saturated carbocycles. The Labute approximate surface area is 422 Å². The predicted molar refractivity (Wildman–Crippen MR) is 264 cm³/mol. The number of methoxy groups -OCH3 is 1. The van der Waals surface area contributed by atoms with Gasteiger partial charge in [0.15, 0.2) is 11.4 Å². The van der Waals surface area contributed by atoms with Crippen LogP contribution in [0.4, 0.5) is 20.3 Å². The van der Waals surface area contributed by atoms with E-state index < -0.39 is 53.2 Å². The Morgan fingerprint density at radius 1 is 0.918 bits per heavy atom. The van der Waals surface area contributed by atoms with Gasteiger partial charge >= 0.3 is 0 Å². The maximum absolute atomic E-state index is 14.1. The molecule has 4 heterocycles. The summed E-state index contributed by atoms with van der Waals surface area (Å²) in [6.07, 6.45) is 3.82. The number of rotatable bonds is 28. The molecule has 3 aromatic heterocycles. The Morgan fingerprint density at radius 2 is 1.64 bits per heavy atom. The van der Waals surface area contributed by atoms with Crippen molar-refractivity contribution in [2.24, 2.45) is 17.1 Å². The lowest BCUT2D eigenvalue weighted by molar-refractivity contribution is -0.146. The van der Waals surface area contributed by atoms with Gasteiger partial charge in [-0.2, -0.15) is 5.10 Å². The molecule has 2 aromatic carbocycles. The lowest BCUT2D eigenvalue weighted by Crippen LogP contribution is -2.60. The molecule has 0 saturated heterocycles. The summed E-state index contributed by atoms with van der Waals surface area (Å²) in [5, 5.41) is 15.9. The van der Waals surface area contributed by atoms with Crippen LogP contribution in [0.15, 0.2) is 77.7 Å². The van der Waals surface area contributed by atoms with Gasteiger partial charge in [-0.3, -0.25) is 19.2 Å². The number of primary amides is 1. The topological polar surface area (TPSA) is 249 Å². The van der Waals surface area contributed by atoms with Gasteiger partial charge in [0, 0.05) is 51.5 Å². The van der Waals surface area contributed by atoms with Gasteiger partial charge in [-0.25, -0.2) is 23.4 Å². The number of carbonyl (C=O) groups excluding carboxylic acids is 4. The maximum atomic E-state index is 14.1. The normalized spacial score (nSPS) is 14.9. The van der Waals surface area contributed by atoms with E-state index in [1.54, 1.807) is 36.5 Å². The third kappa shape index (κ3) is 15.6. The molecule has 4 amide bonds. The SMILES string of the molecule is COCC(=O)N[C@H](C(=O)N1Cc2cc(OCCOCCOCCOCCNCc3ccc(-n4cc(NC(=O)c5coc(-c6ccnc(NCC7CC7)c6)n5)c(C(F)F)n4)cc3)ccc2CC1C(N)=O)C(C)(C)C. The number of nitrogens with zero attached hydrogens (tertiary/aromatic N) is 5. The van der Waals surface area contributed by atoms with E-state index in [1.165, 1.54) is 42.0 Å². The molecule has 392 valence electrons. The Bertz CT molecular complexity index is 2640. The number of nitrogens with one attached hydrogen (secondary N) is 4. The summed E-state index contributed by atoms with van der Waals surface area (Å²) in [5.74, 6) is -0.102. The number of oxazole rings is 1. The lowest BCUT2D eigenvalue weighted by Gasteiger charge is -2.40. The van der Waals surface area contributed by atoms with E-state index in [0.29, 0.717) is 81.5 Å². The van der Waals surface area contributed by atoms with E-state index in [4.69, 9.17) is 33.8 Å². The summed E-state index contributed by atoms with van der Waals surface area (Å²) < 4.78 is 62.8. The smallest absolute Gasteiger partial charge is 0.284 e. The summed E-state index contributed by atoms with van der Waals surface area (Å²) in [7, 11) is 1.39. The average molecular weight is 1020 g/mol. The minimum absolute atomic E-state index is 0.0788. The first-order valence-electron chi connectivity index (χ1n) is 24.2. The first kappa shape index (κ1) is 53.9. The fourth-order valence-electron chi connectivity index (χ4n) is 7.89. The molecule has 7 rings (SSSR count). The number of benzene rings is 2. The summed E-state index contributed by atoms with van der Waals surface area (Å²) in [5.41, 5.74) is 8.08. The number of alkyl halides is 2. The number of hydrogen-bond donors (Lipinski definition) is 5. The molecule has 22 heteroatoms. The van der Waals surface area contributed by atoms with Crippen LogP contribution < -0.4 is 31.7 Å². The van der Waals surface area contributed by atoms with Gasteiger partial charge in [-0.15, -0.1) is 0 Å². The molecule has 73 heavy (non-hydrogen) atoms. The van der Waals surface area contributed by atoms with Gasteiger partial charge in [-0.1, -0.05) is 39.0 Å². The van der Waals surface area contributed by atoms with Gasteiger partial charge in [0.25, 0.3) is 12.3 Å². The van der Waals surface area contributed by atoms with Crippen LogP contribution in [-0.4, -0.2) is 133 Å². The number of ether oxygens (including phenoxy) is 5. The number of anilines is 2. The number of fused-ring (bicyclic) bond motifs is 1. The molecule has 0 radical (unpaired) electrons. The van der Waals surface area contributed by atoms with Gasteiger partial charge in [0.05, 0.1) is 57.2 Å². The van der Waals surface area contributed by atoms with Crippen molar-refractivity contribution in [2.75, 3.05) is 83.7 Å². The van der Waals surface area contributed by atoms with Gasteiger partial charge in [0.1, 0.15) is 43.1 Å². The monoisotopic (exact) mass is 1010 g/mol. The zero-order chi connectivity index (χ0) is 51.9. The third-order valence-electron chi connectivity index (χ3n) is 12.0. The number of hydrogen-bond acceptors (Lipinski definition) is 15. The van der Waals surface area contributed by atoms with Gasteiger partial charge in [0.2, 0.25) is 23.6 Å². The summed E-state index contributed by atoms with van der Waals surface area (Å²) in [4.78, 5) is 61.9. The first-order chi connectivity index (χ1) is 35.2. The van der Waals surface area contributed by atoms with Crippen molar-refractivity contribution in [3.05, 3.63) is 101 Å². The predicted octanol–water partition coefficient (Wildman–Crippen LogP) is 5.07. The van der Waals surface area contributed by atoms with Crippen molar-refractivity contribution in [3.8, 4) is 22.9 Å². The average Bonchev–Trinajstić information content (AvgIpc) is 3.89. The van der Waals surface area contributed by atoms with Crippen LogP contribution in [0, 0.1) is 11.3 Å². The Balaban J connectivity index is 0.749. The number of pyridine rings is 1. The molecular weight excluding hydrogens is 951 g/mol. The van der Waals surface area contributed by atoms with Crippen LogP contribution in [0.5, 0.6) is 5.75 Å². The van der Waals surface area contributed by atoms with E-state index in [0.717, 1.165) is 23.2 Å². The Hall–Kier alpha value is -6.85. The second kappa shape index (κ2) is 25.7. The highest BCUT2D eigenvalue weighted by Crippen LogP contribution is 2.32. The van der Waals surface area contributed by atoms with Crippen molar-refractivity contribution in [1.29, 1.82) is 0 Å². The van der Waals surface area contributed by atoms with Crippen LogP contribution in [0.3, 0.4) is 0 Å². The summed E-state index contributed by atoms with van der Waals surface area (Å²) in [6.45, 7) is 9.94. The quantitative estimate of drug-likeness (QED) is 0.0411. The van der Waals surface area contributed by atoms with Crippen LogP contribution in [-0.2, 0) is 52.8 Å². The van der Waals surface area contributed by atoms with Crippen LogP contribution >= 0.6 is 0 Å². The number of amides is 4. The standard InChI is InChI=1S/C51H64F2N10O10/c1-51(2,3)45(60-43(64)31-68-4)50(67)62-28-36-23-38(12-9-34(36)24-41(62)47(54)65)72-22-21-71-20-19-70-18-17-69-16-15-55-26-32-7-10-37(11-8-32)63-29-39(44(61-63)46(52)53)58-48(66)40-30-73-49(59-40)35-13-14-56-42(25-35)57-27-33-5-6-33/h7-14,23,25,29-30,33,41,45-46,55H,5-6,15-22,24,26-28,31H2,1-4H3,(H2,54,65)(H,56,57)(H,58,66)(H,60,64)/t41?,45-/m1/s1. The van der Waals surface area contributed by atoms with Crippen LogP contribution in [0.25, 0.3) is 17.1 Å². The molecule has 0 spiro atoms. The molecule has 2 aliphatic rings. The molecule has 20 nitrogen and oxygen atoms in total. The first-order valence-corrected chi connectivity index (χ1v) is 24.2. The molecule has 0 bridgehead atoms. The van der Waals surface area contributed by atoms with E-state index in [-0.39, 0.29) is 43.5 Å². The van der Waals surface area contributed by atoms with Crippen LogP contribution in [0.1, 0.15) is 72.9 Å². The molecule has 5 aromatic rings. The molecule has 2 atom stereocenters. The number of aromatic nitrogens is 4. The fraction of sp³-hybridized carbons (Fsp3) is 0.471. The highest BCUT2D eigenvalue weighted by Gasteiger charge is 2.41.